The summed E-state index contributed by atoms with van der Waals surface area (Å²) in [5.74, 6) is 0.0667. The molecule has 0 aliphatic heterocycles. The Morgan fingerprint density at radius 2 is 1.94 bits per heavy atom. The van der Waals surface area contributed by atoms with Crippen LogP contribution in [0.3, 0.4) is 0 Å². The summed E-state index contributed by atoms with van der Waals surface area (Å²) in [5.41, 5.74) is 1.03. The van der Waals surface area contributed by atoms with Crippen molar-refractivity contribution in [2.45, 2.75) is 26.3 Å². The maximum Gasteiger partial charge on any atom is 0.224 e. The number of nitrogens with one attached hydrogen (secondary N) is 2. The second-order valence-corrected chi connectivity index (χ2v) is 4.98. The van der Waals surface area contributed by atoms with Crippen LogP contribution in [0.15, 0.2) is 28.7 Å². The van der Waals surface area contributed by atoms with Crippen LogP contribution in [-0.2, 0) is 11.2 Å². The minimum atomic E-state index is 0. The third-order valence-electron chi connectivity index (χ3n) is 2.44. The molecule has 0 aliphatic rings. The van der Waals surface area contributed by atoms with Crippen molar-refractivity contribution in [3.05, 3.63) is 34.3 Å². The quantitative estimate of drug-likeness (QED) is 0.839. The third-order valence-corrected chi connectivity index (χ3v) is 2.96. The molecule has 18 heavy (non-hydrogen) atoms. The first kappa shape index (κ1) is 17.4. The van der Waals surface area contributed by atoms with E-state index in [4.69, 9.17) is 0 Å². The molecular formula is C13H20BrClN2O. The number of carbonyl (C=O) groups excluding carboxylic acids is 1. The van der Waals surface area contributed by atoms with Crippen molar-refractivity contribution in [2.24, 2.45) is 0 Å². The molecule has 0 unspecified atom stereocenters. The molecule has 0 bridgehead atoms. The minimum absolute atomic E-state index is 0. The van der Waals surface area contributed by atoms with Gasteiger partial charge in [-0.15, -0.1) is 12.4 Å². The summed E-state index contributed by atoms with van der Waals surface area (Å²) in [4.78, 5) is 11.7. The summed E-state index contributed by atoms with van der Waals surface area (Å²) in [7, 11) is 0. The summed E-state index contributed by atoms with van der Waals surface area (Å²) < 4.78 is 1.03. The average molecular weight is 336 g/mol. The number of carbonyl (C=O) groups is 1. The van der Waals surface area contributed by atoms with Crippen molar-refractivity contribution < 1.29 is 4.79 Å². The van der Waals surface area contributed by atoms with E-state index in [1.807, 2.05) is 24.3 Å². The van der Waals surface area contributed by atoms with E-state index in [0.29, 0.717) is 19.0 Å². The minimum Gasteiger partial charge on any atom is -0.354 e. The van der Waals surface area contributed by atoms with Crippen molar-refractivity contribution in [2.75, 3.05) is 13.1 Å². The van der Waals surface area contributed by atoms with Gasteiger partial charge in [0.05, 0.1) is 6.42 Å². The van der Waals surface area contributed by atoms with Crippen molar-refractivity contribution in [1.82, 2.24) is 10.6 Å². The number of amides is 1. The average Bonchev–Trinajstić information content (AvgIpc) is 2.30. The van der Waals surface area contributed by atoms with Gasteiger partial charge >= 0.3 is 0 Å². The molecule has 0 aliphatic carbocycles. The van der Waals surface area contributed by atoms with Crippen LogP contribution in [0.2, 0.25) is 0 Å². The highest BCUT2D eigenvalue weighted by atomic mass is 79.9. The molecule has 0 heterocycles. The lowest BCUT2D eigenvalue weighted by Crippen LogP contribution is -2.39. The fraction of sp³-hybridized carbons (Fsp3) is 0.462. The molecule has 0 saturated heterocycles. The number of rotatable bonds is 6. The number of hydrogen-bond acceptors (Lipinski definition) is 2. The first-order valence-corrected chi connectivity index (χ1v) is 6.65. The zero-order valence-electron chi connectivity index (χ0n) is 10.7. The van der Waals surface area contributed by atoms with Gasteiger partial charge in [0.15, 0.2) is 0 Å². The summed E-state index contributed by atoms with van der Waals surface area (Å²) in [5, 5.41) is 6.17. The molecule has 1 aromatic rings. The standard InChI is InChI=1S/C13H19BrN2O.ClH/c1-3-15-10(2)9-16-13(17)8-11-4-6-12(14)7-5-11;/h4-7,10,15H,3,8-9H2,1-2H3,(H,16,17);1H/t10-;/m1./s1. The predicted octanol–water partition coefficient (Wildman–Crippen LogP) is 2.53. The highest BCUT2D eigenvalue weighted by Gasteiger charge is 2.05. The van der Waals surface area contributed by atoms with E-state index in [1.54, 1.807) is 0 Å². The molecule has 3 nitrogen and oxygen atoms in total. The highest BCUT2D eigenvalue weighted by Crippen LogP contribution is 2.10. The molecule has 0 radical (unpaired) electrons. The summed E-state index contributed by atoms with van der Waals surface area (Å²) >= 11 is 3.37. The Kier molecular flexibility index (Phi) is 9.06. The Morgan fingerprint density at radius 1 is 1.33 bits per heavy atom. The van der Waals surface area contributed by atoms with Gasteiger partial charge in [-0.25, -0.2) is 0 Å². The zero-order chi connectivity index (χ0) is 12.7. The predicted molar refractivity (Wildman–Crippen MR) is 81.2 cm³/mol. The van der Waals surface area contributed by atoms with E-state index < -0.39 is 0 Å². The maximum absolute atomic E-state index is 11.7. The molecule has 2 N–H and O–H groups in total. The first-order valence-electron chi connectivity index (χ1n) is 5.86. The van der Waals surface area contributed by atoms with Gasteiger partial charge < -0.3 is 10.6 Å². The van der Waals surface area contributed by atoms with Gasteiger partial charge in [-0.1, -0.05) is 35.0 Å². The van der Waals surface area contributed by atoms with E-state index in [9.17, 15) is 4.79 Å². The molecule has 1 aromatic carbocycles. The highest BCUT2D eigenvalue weighted by molar-refractivity contribution is 9.10. The third kappa shape index (κ3) is 6.99. The van der Waals surface area contributed by atoms with E-state index in [2.05, 4.69) is 40.4 Å². The van der Waals surface area contributed by atoms with Crippen molar-refractivity contribution >= 4 is 34.2 Å². The van der Waals surface area contributed by atoms with Gasteiger partial charge in [0, 0.05) is 17.1 Å². The molecule has 102 valence electrons. The number of likely N-dealkylation sites (N-methyl/N-ethyl adjacent to an activating group) is 1. The fourth-order valence-electron chi connectivity index (χ4n) is 1.54. The summed E-state index contributed by atoms with van der Waals surface area (Å²) in [6, 6.07) is 8.12. The number of benzene rings is 1. The Hall–Kier alpha value is -0.580. The Balaban J connectivity index is 0.00000289. The van der Waals surface area contributed by atoms with Gasteiger partial charge in [-0.2, -0.15) is 0 Å². The molecule has 0 saturated carbocycles. The molecule has 0 spiro atoms. The van der Waals surface area contributed by atoms with Crippen LogP contribution in [0.5, 0.6) is 0 Å². The van der Waals surface area contributed by atoms with Crippen LogP contribution in [0.25, 0.3) is 0 Å². The van der Waals surface area contributed by atoms with Crippen LogP contribution >= 0.6 is 28.3 Å². The van der Waals surface area contributed by atoms with Crippen LogP contribution in [0.4, 0.5) is 0 Å². The van der Waals surface area contributed by atoms with Gasteiger partial charge in [-0.05, 0) is 31.2 Å². The van der Waals surface area contributed by atoms with Crippen molar-refractivity contribution in [3.63, 3.8) is 0 Å². The molecule has 0 aromatic heterocycles. The van der Waals surface area contributed by atoms with Gasteiger partial charge in [0.2, 0.25) is 5.91 Å². The lowest BCUT2D eigenvalue weighted by atomic mass is 10.1. The zero-order valence-corrected chi connectivity index (χ0v) is 13.1. The van der Waals surface area contributed by atoms with E-state index >= 15 is 0 Å². The van der Waals surface area contributed by atoms with Crippen molar-refractivity contribution in [3.8, 4) is 0 Å². The lowest BCUT2D eigenvalue weighted by molar-refractivity contribution is -0.120. The van der Waals surface area contributed by atoms with Crippen LogP contribution in [0, 0.1) is 0 Å². The normalized spacial score (nSPS) is 11.5. The monoisotopic (exact) mass is 334 g/mol. The van der Waals surface area contributed by atoms with E-state index in [0.717, 1.165) is 16.6 Å². The topological polar surface area (TPSA) is 41.1 Å². The van der Waals surface area contributed by atoms with Crippen LogP contribution in [0.1, 0.15) is 19.4 Å². The Bertz CT molecular complexity index is 357. The molecule has 1 rings (SSSR count). The number of halogens is 2. The summed E-state index contributed by atoms with van der Waals surface area (Å²) in [6.07, 6.45) is 0.437. The lowest BCUT2D eigenvalue weighted by Gasteiger charge is -2.13. The van der Waals surface area contributed by atoms with E-state index in [1.165, 1.54) is 0 Å². The number of hydrogen-bond donors (Lipinski definition) is 2. The SMILES string of the molecule is CCN[C@H](C)CNC(=O)Cc1ccc(Br)cc1.Cl. The second kappa shape index (κ2) is 9.36. The van der Waals surface area contributed by atoms with Crippen molar-refractivity contribution in [1.29, 1.82) is 0 Å². The fourth-order valence-corrected chi connectivity index (χ4v) is 1.80. The Labute approximate surface area is 123 Å². The second-order valence-electron chi connectivity index (χ2n) is 4.07. The van der Waals surface area contributed by atoms with E-state index in [-0.39, 0.29) is 18.3 Å². The molecule has 0 fully saturated rings. The van der Waals surface area contributed by atoms with Gasteiger partial charge in [-0.3, -0.25) is 4.79 Å². The maximum atomic E-state index is 11.7. The van der Waals surface area contributed by atoms with Gasteiger partial charge in [0.25, 0.3) is 0 Å². The molecule has 1 amide bonds. The first-order chi connectivity index (χ1) is 8.11. The molecular weight excluding hydrogens is 316 g/mol. The Morgan fingerprint density at radius 3 is 2.50 bits per heavy atom. The van der Waals surface area contributed by atoms with Crippen LogP contribution < -0.4 is 10.6 Å². The largest absolute Gasteiger partial charge is 0.354 e. The smallest absolute Gasteiger partial charge is 0.224 e. The summed E-state index contributed by atoms with van der Waals surface area (Å²) in [6.45, 7) is 5.70. The molecule has 5 heteroatoms. The van der Waals surface area contributed by atoms with Gasteiger partial charge in [0.1, 0.15) is 0 Å². The molecule has 1 atom stereocenters. The van der Waals surface area contributed by atoms with Crippen LogP contribution in [-0.4, -0.2) is 25.0 Å².